The standard InChI is InChI=1S/C23H21F2N3O11S/c24-15-8-17(16(25)7-12(15)3-2-6-29)39-11-14-10-27-18(28(14)13-4-1-5-26-9-13)40-23(38)21(34,35)19(30,31)20(32,33)22(23,36)37/h1,4-5,7-10,29-38H,6,11H2. The van der Waals surface area contributed by atoms with Crippen LogP contribution in [-0.2, 0) is 6.61 Å². The van der Waals surface area contributed by atoms with Gasteiger partial charge >= 0.3 is 0 Å². The zero-order valence-electron chi connectivity index (χ0n) is 19.8. The number of pyridine rings is 1. The van der Waals surface area contributed by atoms with Gasteiger partial charge in [-0.1, -0.05) is 11.8 Å². The molecule has 1 aromatic carbocycles. The van der Waals surface area contributed by atoms with Crippen LogP contribution in [0.1, 0.15) is 11.3 Å². The van der Waals surface area contributed by atoms with Gasteiger partial charge in [0.1, 0.15) is 19.0 Å². The molecule has 0 aliphatic heterocycles. The Bertz CT molecular complexity index is 1460. The number of benzene rings is 1. The van der Waals surface area contributed by atoms with Gasteiger partial charge < -0.3 is 55.8 Å². The molecule has 0 radical (unpaired) electrons. The predicted molar refractivity (Wildman–Crippen MR) is 125 cm³/mol. The molecule has 17 heteroatoms. The number of nitrogens with zero attached hydrogens (tertiary/aromatic N) is 3. The molecule has 2 heterocycles. The highest BCUT2D eigenvalue weighted by molar-refractivity contribution is 8.00. The van der Waals surface area contributed by atoms with Crippen LogP contribution in [0.25, 0.3) is 5.69 Å². The van der Waals surface area contributed by atoms with Crippen molar-refractivity contribution in [1.82, 2.24) is 14.5 Å². The zero-order chi connectivity index (χ0) is 29.7. The van der Waals surface area contributed by atoms with Gasteiger partial charge in [0.25, 0.3) is 23.1 Å². The first-order chi connectivity index (χ1) is 18.5. The molecule has 2 aromatic heterocycles. The summed E-state index contributed by atoms with van der Waals surface area (Å²) >= 11 is -0.335. The third-order valence-corrected chi connectivity index (χ3v) is 7.38. The molecule has 0 unspecified atom stereocenters. The minimum atomic E-state index is -4.52. The number of imidazole rings is 1. The van der Waals surface area contributed by atoms with E-state index in [-0.39, 0.29) is 28.7 Å². The Morgan fingerprint density at radius 1 is 0.900 bits per heavy atom. The van der Waals surface area contributed by atoms with Gasteiger partial charge in [0.15, 0.2) is 16.7 Å². The van der Waals surface area contributed by atoms with Gasteiger partial charge in [-0.2, -0.15) is 0 Å². The lowest BCUT2D eigenvalue weighted by molar-refractivity contribution is -0.452. The lowest BCUT2D eigenvalue weighted by atomic mass is 10.1. The van der Waals surface area contributed by atoms with Crippen molar-refractivity contribution in [2.45, 2.75) is 39.8 Å². The van der Waals surface area contributed by atoms with Gasteiger partial charge in [-0.25, -0.2) is 13.8 Å². The minimum Gasteiger partial charge on any atom is -0.484 e. The van der Waals surface area contributed by atoms with Crippen LogP contribution in [0.15, 0.2) is 48.0 Å². The van der Waals surface area contributed by atoms with Crippen LogP contribution in [0.2, 0.25) is 0 Å². The molecule has 0 atom stereocenters. The summed E-state index contributed by atoms with van der Waals surface area (Å²) in [6.45, 7) is -1.15. The molecule has 1 fully saturated rings. The van der Waals surface area contributed by atoms with Crippen molar-refractivity contribution in [2.24, 2.45) is 0 Å². The molecule has 10 N–H and O–H groups in total. The van der Waals surface area contributed by atoms with Gasteiger partial charge in [-0.05, 0) is 30.0 Å². The Morgan fingerprint density at radius 2 is 1.55 bits per heavy atom. The lowest BCUT2D eigenvalue weighted by Gasteiger charge is -2.38. The third kappa shape index (κ3) is 4.23. The van der Waals surface area contributed by atoms with E-state index in [1.165, 1.54) is 24.5 Å². The number of aliphatic hydroxyl groups excluding tert-OH is 1. The zero-order valence-corrected chi connectivity index (χ0v) is 20.7. The van der Waals surface area contributed by atoms with E-state index in [1.807, 2.05) is 0 Å². The molecular weight excluding hydrogens is 564 g/mol. The van der Waals surface area contributed by atoms with E-state index in [1.54, 1.807) is 0 Å². The monoisotopic (exact) mass is 585 g/mol. The topological polar surface area (TPSA) is 242 Å². The summed E-state index contributed by atoms with van der Waals surface area (Å²) in [6, 6.07) is 4.28. The fourth-order valence-corrected chi connectivity index (χ4v) is 5.05. The Balaban J connectivity index is 1.75. The molecule has 40 heavy (non-hydrogen) atoms. The van der Waals surface area contributed by atoms with E-state index in [0.717, 1.165) is 16.8 Å². The number of hydrogen-bond acceptors (Lipinski definition) is 14. The maximum absolute atomic E-state index is 14.5. The van der Waals surface area contributed by atoms with Crippen molar-refractivity contribution >= 4 is 11.8 Å². The number of hydrogen-bond donors (Lipinski definition) is 10. The molecule has 3 aromatic rings. The Hall–Kier alpha value is -3.25. The molecule has 1 aliphatic carbocycles. The fraction of sp³-hybridized carbons (Fsp3) is 0.304. The molecule has 0 amide bonds. The first-order valence-corrected chi connectivity index (χ1v) is 11.7. The molecule has 4 rings (SSSR count). The summed E-state index contributed by atoms with van der Waals surface area (Å²) in [7, 11) is 0. The van der Waals surface area contributed by atoms with Crippen LogP contribution >= 0.6 is 11.8 Å². The Kier molecular flexibility index (Phi) is 7.42. The van der Waals surface area contributed by atoms with Crippen molar-refractivity contribution in [1.29, 1.82) is 0 Å². The van der Waals surface area contributed by atoms with E-state index in [4.69, 9.17) is 9.84 Å². The minimum absolute atomic E-state index is 0.0115. The number of aromatic nitrogens is 3. The van der Waals surface area contributed by atoms with Crippen molar-refractivity contribution in [2.75, 3.05) is 6.61 Å². The number of halogens is 2. The summed E-state index contributed by atoms with van der Waals surface area (Å²) in [5, 5.41) is 100. The lowest BCUT2D eigenvalue weighted by Crippen LogP contribution is -2.66. The summed E-state index contributed by atoms with van der Waals surface area (Å²) in [5.41, 5.74) is -0.239. The Labute approximate surface area is 226 Å². The van der Waals surface area contributed by atoms with Crippen molar-refractivity contribution in [3.8, 4) is 23.3 Å². The molecule has 1 saturated carbocycles. The molecular formula is C23H21F2N3O11S. The van der Waals surface area contributed by atoms with Gasteiger partial charge in [-0.15, -0.1) is 0 Å². The number of rotatable bonds is 6. The summed E-state index contributed by atoms with van der Waals surface area (Å²) < 4.78 is 35.2. The van der Waals surface area contributed by atoms with Crippen LogP contribution in [0.5, 0.6) is 5.75 Å². The fourth-order valence-electron chi connectivity index (χ4n) is 3.80. The molecule has 0 saturated heterocycles. The highest BCUT2D eigenvalue weighted by Gasteiger charge is 2.91. The first kappa shape index (κ1) is 29.7. The average molecular weight is 585 g/mol. The van der Waals surface area contributed by atoms with E-state index < -0.39 is 63.8 Å². The van der Waals surface area contributed by atoms with E-state index in [2.05, 4.69) is 21.8 Å². The average Bonchev–Trinajstić information content (AvgIpc) is 3.31. The van der Waals surface area contributed by atoms with Gasteiger partial charge in [0, 0.05) is 12.3 Å². The molecule has 1 aliphatic rings. The van der Waals surface area contributed by atoms with Crippen LogP contribution in [-0.4, -0.2) is 100 Å². The number of thioether (sulfide) groups is 1. The summed E-state index contributed by atoms with van der Waals surface area (Å²) in [4.78, 5) is 3.80. The summed E-state index contributed by atoms with van der Waals surface area (Å²) in [5.74, 6) is -16.0. The van der Waals surface area contributed by atoms with E-state index >= 15 is 0 Å². The highest BCUT2D eigenvalue weighted by Crippen LogP contribution is 2.59. The largest absolute Gasteiger partial charge is 0.484 e. The molecule has 0 spiro atoms. The smallest absolute Gasteiger partial charge is 0.284 e. The van der Waals surface area contributed by atoms with Crippen LogP contribution in [0.4, 0.5) is 8.78 Å². The van der Waals surface area contributed by atoms with Crippen LogP contribution in [0.3, 0.4) is 0 Å². The first-order valence-electron chi connectivity index (χ1n) is 10.9. The van der Waals surface area contributed by atoms with Crippen molar-refractivity contribution < 1.29 is 64.6 Å². The number of ether oxygens (including phenoxy) is 1. The second-order valence-corrected chi connectivity index (χ2v) is 9.68. The van der Waals surface area contributed by atoms with E-state index in [0.29, 0.717) is 6.07 Å². The molecule has 14 nitrogen and oxygen atoms in total. The quantitative estimate of drug-likeness (QED) is 0.102. The van der Waals surface area contributed by atoms with Crippen LogP contribution in [0, 0.1) is 23.5 Å². The summed E-state index contributed by atoms with van der Waals surface area (Å²) in [6.07, 6.45) is 3.63. The molecule has 0 bridgehead atoms. The second-order valence-electron chi connectivity index (χ2n) is 8.52. The molecule has 214 valence electrons. The maximum Gasteiger partial charge on any atom is 0.284 e. The normalized spacial score (nSPS) is 19.6. The third-order valence-electron chi connectivity index (χ3n) is 6.05. The number of aliphatic hydroxyl groups is 10. The SMILES string of the molecule is OCC#Cc1cc(F)c(OCc2cnc(SC3(O)C(O)(O)C(O)(O)C(O)(O)C3(O)O)n2-c2cccnc2)cc1F. The van der Waals surface area contributed by atoms with Gasteiger partial charge in [0.05, 0.1) is 29.3 Å². The van der Waals surface area contributed by atoms with Crippen molar-refractivity contribution in [3.05, 3.63) is 65.7 Å². The van der Waals surface area contributed by atoms with Crippen molar-refractivity contribution in [3.63, 3.8) is 0 Å². The second kappa shape index (κ2) is 9.99. The maximum atomic E-state index is 14.5. The highest BCUT2D eigenvalue weighted by atomic mass is 32.2. The predicted octanol–water partition coefficient (Wildman–Crippen LogP) is -3.01. The van der Waals surface area contributed by atoms with Crippen LogP contribution < -0.4 is 4.74 Å². The van der Waals surface area contributed by atoms with E-state index in [9.17, 15) is 54.7 Å². The Morgan fingerprint density at radius 3 is 2.12 bits per heavy atom. The van der Waals surface area contributed by atoms with Gasteiger partial charge in [-0.3, -0.25) is 9.55 Å². The van der Waals surface area contributed by atoms with Gasteiger partial charge in [0.2, 0.25) is 4.93 Å².